The van der Waals surface area contributed by atoms with Crippen molar-refractivity contribution < 1.29 is 0 Å². The monoisotopic (exact) mass is 261 g/mol. The van der Waals surface area contributed by atoms with Crippen LogP contribution in [0.3, 0.4) is 0 Å². The van der Waals surface area contributed by atoms with Crippen molar-refractivity contribution in [3.63, 3.8) is 0 Å². The number of fused-ring (bicyclic) bond motifs is 2. The lowest BCUT2D eigenvalue weighted by Crippen LogP contribution is -2.23. The molecule has 2 aromatic rings. The largest absolute Gasteiger partial charge is 0.303 e. The van der Waals surface area contributed by atoms with E-state index in [1.165, 1.54) is 40.7 Å². The Kier molecular flexibility index (Phi) is 2.75. The fraction of sp³-hybridized carbons (Fsp3) is 0.263. The number of aryl methyl sites for hydroxylation is 1. The molecule has 0 bridgehead atoms. The van der Waals surface area contributed by atoms with Crippen molar-refractivity contribution >= 4 is 5.57 Å². The van der Waals surface area contributed by atoms with Crippen molar-refractivity contribution in [2.75, 3.05) is 0 Å². The predicted octanol–water partition coefficient (Wildman–Crippen LogP) is 4.42. The summed E-state index contributed by atoms with van der Waals surface area (Å²) in [6.45, 7) is 4.22. The molecule has 100 valence electrons. The molecule has 1 N–H and O–H groups in total. The molecule has 0 saturated carbocycles. The smallest absolute Gasteiger partial charge is 0.0372 e. The van der Waals surface area contributed by atoms with E-state index < -0.39 is 0 Å². The molecule has 2 atom stereocenters. The van der Waals surface area contributed by atoms with Gasteiger partial charge >= 0.3 is 0 Å². The van der Waals surface area contributed by atoms with Crippen LogP contribution < -0.4 is 5.32 Å². The molecule has 1 heteroatoms. The Morgan fingerprint density at radius 1 is 0.900 bits per heavy atom. The molecule has 0 spiro atoms. The molecular weight excluding hydrogens is 242 g/mol. The maximum absolute atomic E-state index is 4.22. The van der Waals surface area contributed by atoms with Crippen LogP contribution in [0.4, 0.5) is 0 Å². The van der Waals surface area contributed by atoms with E-state index in [0.29, 0.717) is 12.1 Å². The molecule has 4 rings (SSSR count). The van der Waals surface area contributed by atoms with Gasteiger partial charge in [0.15, 0.2) is 0 Å². The highest BCUT2D eigenvalue weighted by Crippen LogP contribution is 2.41. The van der Waals surface area contributed by atoms with Gasteiger partial charge in [-0.2, -0.15) is 0 Å². The average molecular weight is 261 g/mol. The van der Waals surface area contributed by atoms with Crippen LogP contribution in [-0.2, 0) is 6.42 Å². The summed E-state index contributed by atoms with van der Waals surface area (Å²) in [5, 5.41) is 3.86. The number of rotatable bonds is 2. The molecule has 1 nitrogen and oxygen atoms in total. The topological polar surface area (TPSA) is 12.0 Å². The molecule has 0 amide bonds. The van der Waals surface area contributed by atoms with Crippen LogP contribution >= 0.6 is 0 Å². The predicted molar refractivity (Wildman–Crippen MR) is 83.5 cm³/mol. The second-order valence-electron chi connectivity index (χ2n) is 5.90. The molecule has 20 heavy (non-hydrogen) atoms. The summed E-state index contributed by atoms with van der Waals surface area (Å²) in [4.78, 5) is 0. The zero-order valence-corrected chi connectivity index (χ0v) is 11.6. The Hall–Kier alpha value is -1.86. The molecule has 0 aliphatic heterocycles. The summed E-state index contributed by atoms with van der Waals surface area (Å²) in [5.41, 5.74) is 7.03. The molecule has 0 heterocycles. The standard InChI is InChI=1S/C19H19N/c1-13-12-19(17-9-5-4-7-15(13)17)20-18-11-10-14-6-2-3-8-16(14)18/h2-9,18-20H,1,10-12H2. The quantitative estimate of drug-likeness (QED) is 0.843. The molecule has 2 aliphatic carbocycles. The third-order valence-electron chi connectivity index (χ3n) is 4.70. The van der Waals surface area contributed by atoms with Crippen LogP contribution in [0.1, 0.15) is 47.2 Å². The van der Waals surface area contributed by atoms with E-state index in [9.17, 15) is 0 Å². The highest BCUT2D eigenvalue weighted by Gasteiger charge is 2.29. The van der Waals surface area contributed by atoms with Gasteiger partial charge in [-0.1, -0.05) is 55.1 Å². The second-order valence-corrected chi connectivity index (χ2v) is 5.90. The Labute approximate surface area is 120 Å². The van der Waals surface area contributed by atoms with Crippen LogP contribution in [0, 0.1) is 0 Å². The SMILES string of the molecule is C=C1CC(NC2CCc3ccccc32)c2ccccc21. The highest BCUT2D eigenvalue weighted by molar-refractivity contribution is 5.72. The Bertz CT molecular complexity index is 671. The Morgan fingerprint density at radius 3 is 2.55 bits per heavy atom. The van der Waals surface area contributed by atoms with Crippen molar-refractivity contribution in [2.24, 2.45) is 0 Å². The molecule has 2 aromatic carbocycles. The molecule has 0 fully saturated rings. The maximum Gasteiger partial charge on any atom is 0.0372 e. The van der Waals surface area contributed by atoms with Gasteiger partial charge in [0.1, 0.15) is 0 Å². The Morgan fingerprint density at radius 2 is 1.65 bits per heavy atom. The van der Waals surface area contributed by atoms with E-state index in [0.717, 1.165) is 6.42 Å². The van der Waals surface area contributed by atoms with Crippen LogP contribution in [0.15, 0.2) is 55.1 Å². The van der Waals surface area contributed by atoms with E-state index in [-0.39, 0.29) is 0 Å². The zero-order chi connectivity index (χ0) is 13.5. The molecule has 2 unspecified atom stereocenters. The fourth-order valence-corrected chi connectivity index (χ4v) is 3.71. The van der Waals surface area contributed by atoms with Crippen LogP contribution in [0.5, 0.6) is 0 Å². The number of hydrogen-bond acceptors (Lipinski definition) is 1. The van der Waals surface area contributed by atoms with E-state index in [1.54, 1.807) is 0 Å². The molecule has 0 aromatic heterocycles. The first-order valence-corrected chi connectivity index (χ1v) is 7.44. The van der Waals surface area contributed by atoms with Gasteiger partial charge < -0.3 is 5.32 Å². The molecular formula is C19H19N. The lowest BCUT2D eigenvalue weighted by atomic mass is 10.0. The minimum atomic E-state index is 0.426. The lowest BCUT2D eigenvalue weighted by Gasteiger charge is -2.20. The number of hydrogen-bond donors (Lipinski definition) is 1. The minimum Gasteiger partial charge on any atom is -0.303 e. The van der Waals surface area contributed by atoms with Gasteiger partial charge in [0.2, 0.25) is 0 Å². The van der Waals surface area contributed by atoms with Crippen molar-refractivity contribution in [1.82, 2.24) is 5.32 Å². The van der Waals surface area contributed by atoms with E-state index >= 15 is 0 Å². The van der Waals surface area contributed by atoms with Crippen molar-refractivity contribution in [2.45, 2.75) is 31.3 Å². The molecule has 2 aliphatic rings. The maximum atomic E-state index is 4.22. The van der Waals surface area contributed by atoms with Gasteiger partial charge in [-0.05, 0) is 47.1 Å². The second kappa shape index (κ2) is 4.60. The summed E-state index contributed by atoms with van der Waals surface area (Å²) < 4.78 is 0. The summed E-state index contributed by atoms with van der Waals surface area (Å²) >= 11 is 0. The highest BCUT2D eigenvalue weighted by atomic mass is 15.0. The summed E-state index contributed by atoms with van der Waals surface area (Å²) in [6, 6.07) is 18.4. The summed E-state index contributed by atoms with van der Waals surface area (Å²) in [5.74, 6) is 0. The number of benzene rings is 2. The van der Waals surface area contributed by atoms with Crippen LogP contribution in [0.25, 0.3) is 5.57 Å². The van der Waals surface area contributed by atoms with E-state index in [2.05, 4.69) is 60.4 Å². The third-order valence-corrected chi connectivity index (χ3v) is 4.70. The average Bonchev–Trinajstić information content (AvgIpc) is 3.03. The lowest BCUT2D eigenvalue weighted by molar-refractivity contribution is 0.455. The van der Waals surface area contributed by atoms with Gasteiger partial charge in [-0.3, -0.25) is 0 Å². The summed E-state index contributed by atoms with van der Waals surface area (Å²) in [6.07, 6.45) is 3.45. The van der Waals surface area contributed by atoms with Crippen molar-refractivity contribution in [1.29, 1.82) is 0 Å². The van der Waals surface area contributed by atoms with Crippen LogP contribution in [0.2, 0.25) is 0 Å². The van der Waals surface area contributed by atoms with Crippen molar-refractivity contribution in [3.8, 4) is 0 Å². The first-order valence-electron chi connectivity index (χ1n) is 7.44. The first-order chi connectivity index (χ1) is 9.83. The van der Waals surface area contributed by atoms with Gasteiger partial charge in [-0.25, -0.2) is 0 Å². The normalized spacial score (nSPS) is 23.7. The van der Waals surface area contributed by atoms with Crippen molar-refractivity contribution in [3.05, 3.63) is 77.4 Å². The van der Waals surface area contributed by atoms with Gasteiger partial charge in [0.05, 0.1) is 0 Å². The molecule has 0 saturated heterocycles. The summed E-state index contributed by atoms with van der Waals surface area (Å²) in [7, 11) is 0. The van der Waals surface area contributed by atoms with E-state index in [4.69, 9.17) is 0 Å². The minimum absolute atomic E-state index is 0.426. The Balaban J connectivity index is 1.62. The number of nitrogens with one attached hydrogen (secondary N) is 1. The van der Waals surface area contributed by atoms with Gasteiger partial charge in [0.25, 0.3) is 0 Å². The van der Waals surface area contributed by atoms with Gasteiger partial charge in [-0.15, -0.1) is 0 Å². The fourth-order valence-electron chi connectivity index (χ4n) is 3.71. The van der Waals surface area contributed by atoms with Crippen LogP contribution in [-0.4, -0.2) is 0 Å². The van der Waals surface area contributed by atoms with E-state index in [1.807, 2.05) is 0 Å². The third kappa shape index (κ3) is 1.82. The first kappa shape index (κ1) is 11.9. The molecule has 0 radical (unpaired) electrons. The zero-order valence-electron chi connectivity index (χ0n) is 11.6. The van der Waals surface area contributed by atoms with Gasteiger partial charge in [0, 0.05) is 12.1 Å².